The number of amides is 1. The van der Waals surface area contributed by atoms with E-state index in [1.807, 2.05) is 0 Å². The Morgan fingerprint density at radius 1 is 1.57 bits per heavy atom. The Morgan fingerprint density at radius 2 is 2.21 bits per heavy atom. The molecular weight excluding hydrogens is 184 g/mol. The fourth-order valence-electron chi connectivity index (χ4n) is 1.77. The van der Waals surface area contributed by atoms with E-state index in [0.717, 1.165) is 6.42 Å². The Labute approximate surface area is 83.1 Å². The minimum atomic E-state index is -0.869. The molecule has 1 fully saturated rings. The Morgan fingerprint density at radius 3 is 2.71 bits per heavy atom. The van der Waals surface area contributed by atoms with Crippen molar-refractivity contribution >= 4 is 11.9 Å². The largest absolute Gasteiger partial charge is 0.480 e. The van der Waals surface area contributed by atoms with Crippen LogP contribution in [0.15, 0.2) is 0 Å². The molecule has 1 heterocycles. The lowest BCUT2D eigenvalue weighted by Crippen LogP contribution is -2.51. The number of aliphatic carboxylic acids is 1. The minimum absolute atomic E-state index is 0.139. The zero-order valence-corrected chi connectivity index (χ0v) is 8.54. The van der Waals surface area contributed by atoms with E-state index in [1.54, 1.807) is 18.9 Å². The number of nitrogens with one attached hydrogen (secondary N) is 1. The Bertz CT molecular complexity index is 254. The van der Waals surface area contributed by atoms with Gasteiger partial charge in [0, 0.05) is 7.05 Å². The molecule has 0 aromatic carbocycles. The number of likely N-dealkylation sites (tertiary alicyclic amines) is 1. The van der Waals surface area contributed by atoms with Gasteiger partial charge in [-0.1, -0.05) is 0 Å². The highest BCUT2D eigenvalue weighted by Gasteiger charge is 2.43. The molecule has 0 bridgehead atoms. The van der Waals surface area contributed by atoms with Gasteiger partial charge in [0.05, 0.1) is 6.54 Å². The summed E-state index contributed by atoms with van der Waals surface area (Å²) < 4.78 is 0. The Balaban J connectivity index is 2.68. The van der Waals surface area contributed by atoms with E-state index >= 15 is 0 Å². The number of carboxylic acid groups (broad SMARTS) is 1. The molecule has 1 aliphatic heterocycles. The molecule has 5 heteroatoms. The third-order valence-corrected chi connectivity index (χ3v) is 2.86. The zero-order valence-electron chi connectivity index (χ0n) is 8.54. The summed E-state index contributed by atoms with van der Waals surface area (Å²) in [6.07, 6.45) is 1.44. The van der Waals surface area contributed by atoms with Gasteiger partial charge in [0.25, 0.3) is 0 Å². The lowest BCUT2D eigenvalue weighted by Gasteiger charge is -2.30. The van der Waals surface area contributed by atoms with E-state index in [0.29, 0.717) is 13.0 Å². The van der Waals surface area contributed by atoms with E-state index in [4.69, 9.17) is 5.11 Å². The van der Waals surface area contributed by atoms with Crippen LogP contribution in [0, 0.1) is 0 Å². The molecule has 0 saturated carbocycles. The van der Waals surface area contributed by atoms with Gasteiger partial charge < -0.3 is 10.4 Å². The van der Waals surface area contributed by atoms with Crippen LogP contribution in [-0.2, 0) is 9.59 Å². The summed E-state index contributed by atoms with van der Waals surface area (Å²) in [7, 11) is 1.55. The molecule has 1 amide bonds. The van der Waals surface area contributed by atoms with Crippen molar-refractivity contribution in [2.24, 2.45) is 0 Å². The predicted molar refractivity (Wildman–Crippen MR) is 50.9 cm³/mol. The molecular formula is C9H16N2O3. The van der Waals surface area contributed by atoms with Gasteiger partial charge in [-0.05, 0) is 26.3 Å². The summed E-state index contributed by atoms with van der Waals surface area (Å²) in [6, 6.07) is 0. The molecule has 2 N–H and O–H groups in total. The van der Waals surface area contributed by atoms with Gasteiger partial charge in [0.1, 0.15) is 5.54 Å². The summed E-state index contributed by atoms with van der Waals surface area (Å²) in [5.74, 6) is -0.988. The van der Waals surface area contributed by atoms with Crippen LogP contribution in [0.4, 0.5) is 0 Å². The third-order valence-electron chi connectivity index (χ3n) is 2.86. The van der Waals surface area contributed by atoms with E-state index in [9.17, 15) is 9.59 Å². The van der Waals surface area contributed by atoms with E-state index < -0.39 is 11.5 Å². The van der Waals surface area contributed by atoms with Crippen molar-refractivity contribution in [3.63, 3.8) is 0 Å². The molecule has 1 rings (SSSR count). The Kier molecular flexibility index (Phi) is 3.10. The van der Waals surface area contributed by atoms with Gasteiger partial charge in [0.15, 0.2) is 0 Å². The highest BCUT2D eigenvalue weighted by molar-refractivity contribution is 5.82. The summed E-state index contributed by atoms with van der Waals surface area (Å²) in [4.78, 5) is 23.9. The van der Waals surface area contributed by atoms with E-state index in [-0.39, 0.29) is 12.5 Å². The number of likely N-dealkylation sites (N-methyl/N-ethyl adjacent to an activating group) is 1. The maximum absolute atomic E-state index is 11.1. The first-order valence-electron chi connectivity index (χ1n) is 4.70. The summed E-state index contributed by atoms with van der Waals surface area (Å²) in [6.45, 7) is 2.51. The summed E-state index contributed by atoms with van der Waals surface area (Å²) in [5.41, 5.74) is -0.869. The van der Waals surface area contributed by atoms with E-state index in [2.05, 4.69) is 5.32 Å². The fraction of sp³-hybridized carbons (Fsp3) is 0.778. The predicted octanol–water partition coefficient (Wildman–Crippen LogP) is -0.328. The monoisotopic (exact) mass is 200 g/mol. The number of carbonyl (C=O) groups is 2. The van der Waals surface area contributed by atoms with Gasteiger partial charge in [-0.3, -0.25) is 14.5 Å². The number of hydrogen-bond donors (Lipinski definition) is 2. The standard InChI is InChI=1S/C9H16N2O3/c1-9(8(13)14)4-3-5-11(9)6-7(12)10-2/h3-6H2,1-2H3,(H,10,12)(H,13,14). The summed E-state index contributed by atoms with van der Waals surface area (Å²) in [5, 5.41) is 11.6. The van der Waals surface area contributed by atoms with Crippen LogP contribution < -0.4 is 5.32 Å². The number of carbonyl (C=O) groups excluding carboxylic acids is 1. The average molecular weight is 200 g/mol. The molecule has 80 valence electrons. The number of nitrogens with zero attached hydrogens (tertiary/aromatic N) is 1. The molecule has 0 radical (unpaired) electrons. The van der Waals surface area contributed by atoms with Gasteiger partial charge in [0.2, 0.25) is 5.91 Å². The number of carboxylic acids is 1. The van der Waals surface area contributed by atoms with Crippen molar-refractivity contribution in [2.45, 2.75) is 25.3 Å². The van der Waals surface area contributed by atoms with Crippen LogP contribution in [0.3, 0.4) is 0 Å². The molecule has 1 aliphatic rings. The topological polar surface area (TPSA) is 69.6 Å². The molecule has 1 unspecified atom stereocenters. The van der Waals surface area contributed by atoms with Crippen LogP contribution >= 0.6 is 0 Å². The molecule has 0 aromatic rings. The maximum atomic E-state index is 11.1. The van der Waals surface area contributed by atoms with Gasteiger partial charge in [-0.2, -0.15) is 0 Å². The number of hydrogen-bond acceptors (Lipinski definition) is 3. The molecule has 5 nitrogen and oxygen atoms in total. The van der Waals surface area contributed by atoms with Crippen LogP contribution in [0.1, 0.15) is 19.8 Å². The normalized spacial score (nSPS) is 27.6. The molecule has 0 aliphatic carbocycles. The molecule has 14 heavy (non-hydrogen) atoms. The van der Waals surface area contributed by atoms with Crippen molar-refractivity contribution in [3.05, 3.63) is 0 Å². The molecule has 0 spiro atoms. The second-order valence-electron chi connectivity index (χ2n) is 3.78. The van der Waals surface area contributed by atoms with Gasteiger partial charge >= 0.3 is 5.97 Å². The third kappa shape index (κ3) is 1.87. The van der Waals surface area contributed by atoms with Crippen molar-refractivity contribution < 1.29 is 14.7 Å². The van der Waals surface area contributed by atoms with Crippen LogP contribution in [-0.4, -0.2) is 47.6 Å². The Hall–Kier alpha value is -1.10. The molecule has 1 saturated heterocycles. The minimum Gasteiger partial charge on any atom is -0.480 e. The first-order valence-corrected chi connectivity index (χ1v) is 4.70. The lowest BCUT2D eigenvalue weighted by molar-refractivity contribution is -0.149. The molecule has 0 aromatic heterocycles. The van der Waals surface area contributed by atoms with Crippen molar-refractivity contribution in [3.8, 4) is 0 Å². The number of rotatable bonds is 3. The zero-order chi connectivity index (χ0) is 10.8. The average Bonchev–Trinajstić information content (AvgIpc) is 2.49. The first-order chi connectivity index (χ1) is 6.50. The smallest absolute Gasteiger partial charge is 0.323 e. The van der Waals surface area contributed by atoms with Crippen molar-refractivity contribution in [1.82, 2.24) is 10.2 Å². The van der Waals surface area contributed by atoms with Crippen molar-refractivity contribution in [2.75, 3.05) is 20.1 Å². The second kappa shape index (κ2) is 3.96. The maximum Gasteiger partial charge on any atom is 0.323 e. The quantitative estimate of drug-likeness (QED) is 0.654. The SMILES string of the molecule is CNC(=O)CN1CCCC1(C)C(=O)O. The summed E-state index contributed by atoms with van der Waals surface area (Å²) >= 11 is 0. The highest BCUT2D eigenvalue weighted by Crippen LogP contribution is 2.28. The van der Waals surface area contributed by atoms with Gasteiger partial charge in [-0.15, -0.1) is 0 Å². The fourth-order valence-corrected chi connectivity index (χ4v) is 1.77. The van der Waals surface area contributed by atoms with Crippen LogP contribution in [0.25, 0.3) is 0 Å². The molecule has 1 atom stereocenters. The first kappa shape index (κ1) is 11.0. The lowest BCUT2D eigenvalue weighted by atomic mass is 9.99. The van der Waals surface area contributed by atoms with Gasteiger partial charge in [-0.25, -0.2) is 0 Å². The van der Waals surface area contributed by atoms with E-state index in [1.165, 1.54) is 0 Å². The van der Waals surface area contributed by atoms with Crippen LogP contribution in [0.2, 0.25) is 0 Å². The second-order valence-corrected chi connectivity index (χ2v) is 3.78. The van der Waals surface area contributed by atoms with Crippen molar-refractivity contribution in [1.29, 1.82) is 0 Å². The van der Waals surface area contributed by atoms with Crippen LogP contribution in [0.5, 0.6) is 0 Å². The highest BCUT2D eigenvalue weighted by atomic mass is 16.4.